The molecule has 0 atom stereocenters. The van der Waals surface area contributed by atoms with E-state index in [2.05, 4.69) is 20.1 Å². The Labute approximate surface area is 132 Å². The first-order valence-corrected chi connectivity index (χ1v) is 7.11. The lowest BCUT2D eigenvalue weighted by Gasteiger charge is -2.01. The predicted molar refractivity (Wildman–Crippen MR) is 83.4 cm³/mol. The van der Waals surface area contributed by atoms with Gasteiger partial charge in [-0.1, -0.05) is 0 Å². The summed E-state index contributed by atoms with van der Waals surface area (Å²) < 4.78 is 6.94. The van der Waals surface area contributed by atoms with Crippen molar-refractivity contribution in [3.63, 3.8) is 0 Å². The van der Waals surface area contributed by atoms with E-state index < -0.39 is 0 Å². The Morgan fingerprint density at radius 3 is 2.91 bits per heavy atom. The molecule has 0 aliphatic heterocycles. The molecule has 0 aromatic carbocycles. The van der Waals surface area contributed by atoms with Crippen molar-refractivity contribution in [2.45, 2.75) is 6.54 Å². The molecule has 0 aliphatic carbocycles. The van der Waals surface area contributed by atoms with Gasteiger partial charge in [-0.15, -0.1) is 0 Å². The summed E-state index contributed by atoms with van der Waals surface area (Å²) in [5.74, 6) is 0. The molecule has 0 fully saturated rings. The van der Waals surface area contributed by atoms with Crippen LogP contribution in [0.25, 0.3) is 22.5 Å². The number of rotatable bonds is 5. The fraction of sp³-hybridized carbons (Fsp3) is 0.200. The molecule has 0 unspecified atom stereocenters. The minimum atomic E-state index is 0.208. The van der Waals surface area contributed by atoms with Gasteiger partial charge in [0, 0.05) is 43.0 Å². The maximum atomic E-state index is 5.90. The Hall–Kier alpha value is -2.31. The van der Waals surface area contributed by atoms with E-state index in [-0.39, 0.29) is 5.28 Å². The summed E-state index contributed by atoms with van der Waals surface area (Å²) in [7, 11) is 1.66. The molecular formula is C15H14ClN5O. The normalized spacial score (nSPS) is 10.8. The molecule has 0 radical (unpaired) electrons. The summed E-state index contributed by atoms with van der Waals surface area (Å²) in [4.78, 5) is 12.3. The number of nitrogens with zero attached hydrogens (tertiary/aromatic N) is 5. The molecule has 0 N–H and O–H groups in total. The molecular weight excluding hydrogens is 302 g/mol. The van der Waals surface area contributed by atoms with Crippen LogP contribution in [0, 0.1) is 0 Å². The molecule has 0 saturated heterocycles. The van der Waals surface area contributed by atoms with Crippen LogP contribution in [0.3, 0.4) is 0 Å². The number of halogens is 1. The van der Waals surface area contributed by atoms with Gasteiger partial charge in [-0.05, 0) is 29.8 Å². The minimum absolute atomic E-state index is 0.208. The molecule has 0 amide bonds. The van der Waals surface area contributed by atoms with Crippen molar-refractivity contribution >= 4 is 11.6 Å². The van der Waals surface area contributed by atoms with Gasteiger partial charge in [-0.2, -0.15) is 5.10 Å². The molecule has 3 aromatic rings. The van der Waals surface area contributed by atoms with Crippen molar-refractivity contribution in [1.29, 1.82) is 0 Å². The van der Waals surface area contributed by atoms with E-state index in [4.69, 9.17) is 16.3 Å². The van der Waals surface area contributed by atoms with E-state index in [0.717, 1.165) is 22.5 Å². The van der Waals surface area contributed by atoms with Gasteiger partial charge in [0.1, 0.15) is 5.69 Å². The number of methoxy groups -OCH3 is 1. The number of hydrogen-bond acceptors (Lipinski definition) is 5. The second kappa shape index (κ2) is 6.64. The monoisotopic (exact) mass is 315 g/mol. The number of aromatic nitrogens is 5. The first kappa shape index (κ1) is 14.6. The molecule has 0 bridgehead atoms. The summed E-state index contributed by atoms with van der Waals surface area (Å²) >= 11 is 5.90. The zero-order valence-corrected chi connectivity index (χ0v) is 12.7. The van der Waals surface area contributed by atoms with Crippen molar-refractivity contribution in [3.8, 4) is 22.5 Å². The average molecular weight is 316 g/mol. The third-order valence-corrected chi connectivity index (χ3v) is 3.31. The highest BCUT2D eigenvalue weighted by Gasteiger charge is 2.14. The summed E-state index contributed by atoms with van der Waals surface area (Å²) in [6, 6.07) is 5.64. The minimum Gasteiger partial charge on any atom is -0.383 e. The molecule has 3 heterocycles. The highest BCUT2D eigenvalue weighted by Crippen LogP contribution is 2.29. The van der Waals surface area contributed by atoms with Crippen LogP contribution in [0.5, 0.6) is 0 Å². The van der Waals surface area contributed by atoms with Gasteiger partial charge in [0.15, 0.2) is 0 Å². The fourth-order valence-corrected chi connectivity index (χ4v) is 2.26. The van der Waals surface area contributed by atoms with Gasteiger partial charge in [-0.25, -0.2) is 9.97 Å². The Morgan fingerprint density at radius 2 is 2.18 bits per heavy atom. The third kappa shape index (κ3) is 3.13. The van der Waals surface area contributed by atoms with Crippen molar-refractivity contribution in [2.75, 3.05) is 13.7 Å². The molecule has 22 heavy (non-hydrogen) atoms. The summed E-state index contributed by atoms with van der Waals surface area (Å²) in [5, 5.41) is 4.82. The summed E-state index contributed by atoms with van der Waals surface area (Å²) in [6.07, 6.45) is 7.06. The van der Waals surface area contributed by atoms with E-state index >= 15 is 0 Å². The van der Waals surface area contributed by atoms with E-state index in [1.807, 2.05) is 29.1 Å². The van der Waals surface area contributed by atoms with Crippen LogP contribution >= 0.6 is 11.6 Å². The maximum absolute atomic E-state index is 5.90. The quantitative estimate of drug-likeness (QED) is 0.677. The molecule has 3 aromatic heterocycles. The first-order chi connectivity index (χ1) is 10.8. The van der Waals surface area contributed by atoms with Crippen LogP contribution in [0.2, 0.25) is 5.28 Å². The SMILES string of the molecule is COCCn1cc(-c2ccnc(Cl)n2)c(-c2cccnc2)n1. The lowest BCUT2D eigenvalue weighted by Crippen LogP contribution is -2.04. The molecule has 0 aliphatic rings. The second-order valence-electron chi connectivity index (χ2n) is 4.60. The van der Waals surface area contributed by atoms with Gasteiger partial charge in [0.2, 0.25) is 5.28 Å². The summed E-state index contributed by atoms with van der Waals surface area (Å²) in [5.41, 5.74) is 3.33. The van der Waals surface area contributed by atoms with E-state index in [1.54, 1.807) is 25.7 Å². The fourth-order valence-electron chi connectivity index (χ4n) is 2.11. The molecule has 112 valence electrons. The van der Waals surface area contributed by atoms with Crippen LogP contribution in [-0.2, 0) is 11.3 Å². The Bertz CT molecular complexity index is 760. The largest absolute Gasteiger partial charge is 0.383 e. The zero-order valence-electron chi connectivity index (χ0n) is 12.0. The number of ether oxygens (including phenoxy) is 1. The van der Waals surface area contributed by atoms with Gasteiger partial charge in [-0.3, -0.25) is 9.67 Å². The molecule has 7 heteroatoms. The third-order valence-electron chi connectivity index (χ3n) is 3.12. The van der Waals surface area contributed by atoms with Crippen molar-refractivity contribution in [2.24, 2.45) is 0 Å². The summed E-state index contributed by atoms with van der Waals surface area (Å²) in [6.45, 7) is 1.24. The Kier molecular flexibility index (Phi) is 4.41. The average Bonchev–Trinajstić information content (AvgIpc) is 2.98. The highest BCUT2D eigenvalue weighted by molar-refractivity contribution is 6.28. The van der Waals surface area contributed by atoms with Crippen LogP contribution in [0.15, 0.2) is 43.0 Å². The van der Waals surface area contributed by atoms with Gasteiger partial charge < -0.3 is 4.74 Å². The number of pyridine rings is 1. The Morgan fingerprint density at radius 1 is 1.27 bits per heavy atom. The van der Waals surface area contributed by atoms with Crippen LogP contribution in [-0.4, -0.2) is 38.4 Å². The van der Waals surface area contributed by atoms with E-state index in [9.17, 15) is 0 Å². The maximum Gasteiger partial charge on any atom is 0.222 e. The van der Waals surface area contributed by atoms with E-state index in [1.165, 1.54) is 0 Å². The predicted octanol–water partition coefficient (Wildman–Crippen LogP) is 2.70. The van der Waals surface area contributed by atoms with Crippen LogP contribution < -0.4 is 0 Å². The van der Waals surface area contributed by atoms with E-state index in [0.29, 0.717) is 13.2 Å². The first-order valence-electron chi connectivity index (χ1n) is 6.73. The zero-order chi connectivity index (χ0) is 15.4. The molecule has 0 saturated carbocycles. The standard InChI is InChI=1S/C15H14ClN5O/c1-22-8-7-21-10-12(13-4-6-18-15(16)19-13)14(20-21)11-3-2-5-17-9-11/h2-6,9-10H,7-8H2,1H3. The molecule has 0 spiro atoms. The molecule has 3 rings (SSSR count). The van der Waals surface area contributed by atoms with Crippen molar-refractivity contribution in [3.05, 3.63) is 48.3 Å². The second-order valence-corrected chi connectivity index (χ2v) is 4.94. The van der Waals surface area contributed by atoms with Crippen LogP contribution in [0.4, 0.5) is 0 Å². The van der Waals surface area contributed by atoms with Gasteiger partial charge >= 0.3 is 0 Å². The topological polar surface area (TPSA) is 65.7 Å². The van der Waals surface area contributed by atoms with Crippen molar-refractivity contribution < 1.29 is 4.74 Å². The van der Waals surface area contributed by atoms with Crippen molar-refractivity contribution in [1.82, 2.24) is 24.7 Å². The smallest absolute Gasteiger partial charge is 0.222 e. The van der Waals surface area contributed by atoms with Gasteiger partial charge in [0.25, 0.3) is 0 Å². The molecule has 6 nitrogen and oxygen atoms in total. The van der Waals surface area contributed by atoms with Crippen LogP contribution in [0.1, 0.15) is 0 Å². The number of hydrogen-bond donors (Lipinski definition) is 0. The Balaban J connectivity index is 2.08. The highest BCUT2D eigenvalue weighted by atomic mass is 35.5. The lowest BCUT2D eigenvalue weighted by atomic mass is 10.1. The lowest BCUT2D eigenvalue weighted by molar-refractivity contribution is 0.183. The van der Waals surface area contributed by atoms with Gasteiger partial charge in [0.05, 0.1) is 18.8 Å².